The summed E-state index contributed by atoms with van der Waals surface area (Å²) in [6, 6.07) is 6.62. The first-order valence-corrected chi connectivity index (χ1v) is 6.26. The highest BCUT2D eigenvalue weighted by molar-refractivity contribution is 9.10. The molecule has 0 bridgehead atoms. The molecular weight excluding hydrogens is 268 g/mol. The van der Waals surface area contributed by atoms with Gasteiger partial charge in [-0.05, 0) is 32.1 Å². The lowest BCUT2D eigenvalue weighted by Gasteiger charge is -2.15. The second-order valence-electron chi connectivity index (χ2n) is 4.27. The first-order chi connectivity index (χ1) is 7.67. The number of ether oxygens (including phenoxy) is 1. The molecule has 0 radical (unpaired) electrons. The number of methoxy groups -OCH3 is 1. The number of nitrogens with zero attached hydrogens (tertiary/aromatic N) is 1. The van der Waals surface area contributed by atoms with Crippen molar-refractivity contribution in [3.8, 4) is 5.75 Å². The van der Waals surface area contributed by atoms with Crippen molar-refractivity contribution in [1.29, 1.82) is 0 Å². The fraction of sp³-hybridized carbons (Fsp3) is 0.500. The number of likely N-dealkylation sites (N-methyl/N-ethyl adjacent to an activating group) is 1. The second kappa shape index (κ2) is 5.06. The maximum atomic E-state index is 5.24. The number of benzene rings is 1. The van der Waals surface area contributed by atoms with Crippen LogP contribution in [0, 0.1) is 0 Å². The van der Waals surface area contributed by atoms with E-state index in [-0.39, 0.29) is 0 Å². The normalized spacial score (nSPS) is 21.1. The Kier molecular flexibility index (Phi) is 3.71. The minimum absolute atomic E-state index is 0.545. The quantitative estimate of drug-likeness (QED) is 0.923. The standard InChI is InChI=1S/C12H17BrN2O/c1-15-4-3-10(8-15)14-11-5-9(13)6-12(7-11)16-2/h5-7,10,14H,3-4,8H2,1-2H3. The van der Waals surface area contributed by atoms with Gasteiger partial charge in [0.05, 0.1) is 7.11 Å². The molecule has 0 amide bonds. The number of hydrogen-bond acceptors (Lipinski definition) is 3. The second-order valence-corrected chi connectivity index (χ2v) is 5.19. The Hall–Kier alpha value is -0.740. The Bertz CT molecular complexity index is 370. The number of likely N-dealkylation sites (tertiary alicyclic amines) is 1. The van der Waals surface area contributed by atoms with Crippen molar-refractivity contribution in [3.63, 3.8) is 0 Å². The minimum atomic E-state index is 0.545. The van der Waals surface area contributed by atoms with Gasteiger partial charge in [-0.1, -0.05) is 15.9 Å². The molecule has 1 heterocycles. The average Bonchev–Trinajstić information content (AvgIpc) is 2.63. The van der Waals surface area contributed by atoms with Crippen molar-refractivity contribution in [2.45, 2.75) is 12.5 Å². The lowest BCUT2D eigenvalue weighted by atomic mass is 10.2. The number of hydrogen-bond donors (Lipinski definition) is 1. The molecule has 0 saturated carbocycles. The summed E-state index contributed by atoms with van der Waals surface area (Å²) < 4.78 is 6.28. The molecule has 0 spiro atoms. The topological polar surface area (TPSA) is 24.5 Å². The summed E-state index contributed by atoms with van der Waals surface area (Å²) in [5.41, 5.74) is 1.12. The van der Waals surface area contributed by atoms with Gasteiger partial charge in [0.15, 0.2) is 0 Å². The summed E-state index contributed by atoms with van der Waals surface area (Å²) in [6.07, 6.45) is 1.20. The average molecular weight is 285 g/mol. The molecular formula is C12H17BrN2O. The molecule has 1 aliphatic heterocycles. The van der Waals surface area contributed by atoms with Crippen molar-refractivity contribution >= 4 is 21.6 Å². The molecule has 1 atom stereocenters. The van der Waals surface area contributed by atoms with E-state index >= 15 is 0 Å². The molecule has 3 nitrogen and oxygen atoms in total. The van der Waals surface area contributed by atoms with Crippen LogP contribution in [0.2, 0.25) is 0 Å². The minimum Gasteiger partial charge on any atom is -0.497 e. The molecule has 1 aromatic rings. The molecule has 1 aromatic carbocycles. The maximum absolute atomic E-state index is 5.24. The smallest absolute Gasteiger partial charge is 0.122 e. The first kappa shape index (κ1) is 11.7. The molecule has 0 aliphatic carbocycles. The van der Waals surface area contributed by atoms with Crippen LogP contribution in [0.3, 0.4) is 0 Å². The van der Waals surface area contributed by atoms with Crippen LogP contribution in [-0.4, -0.2) is 38.2 Å². The SMILES string of the molecule is COc1cc(Br)cc(NC2CCN(C)C2)c1. The van der Waals surface area contributed by atoms with E-state index in [1.54, 1.807) is 7.11 Å². The molecule has 16 heavy (non-hydrogen) atoms. The van der Waals surface area contributed by atoms with E-state index < -0.39 is 0 Å². The van der Waals surface area contributed by atoms with E-state index in [2.05, 4.69) is 39.3 Å². The van der Waals surface area contributed by atoms with Crippen molar-refractivity contribution < 1.29 is 4.74 Å². The molecule has 1 aliphatic rings. The first-order valence-electron chi connectivity index (χ1n) is 5.47. The Morgan fingerprint density at radius 2 is 2.25 bits per heavy atom. The van der Waals surface area contributed by atoms with Crippen LogP contribution < -0.4 is 10.1 Å². The van der Waals surface area contributed by atoms with Crippen molar-refractivity contribution in [3.05, 3.63) is 22.7 Å². The van der Waals surface area contributed by atoms with Gasteiger partial charge in [-0.2, -0.15) is 0 Å². The molecule has 2 rings (SSSR count). The highest BCUT2D eigenvalue weighted by Gasteiger charge is 2.19. The van der Waals surface area contributed by atoms with E-state index in [0.717, 1.165) is 22.5 Å². The predicted octanol–water partition coefficient (Wildman–Crippen LogP) is 2.57. The van der Waals surface area contributed by atoms with Crippen molar-refractivity contribution in [1.82, 2.24) is 4.90 Å². The summed E-state index contributed by atoms with van der Waals surface area (Å²) in [7, 11) is 3.85. The lowest BCUT2D eigenvalue weighted by molar-refractivity contribution is 0.413. The van der Waals surface area contributed by atoms with Crippen LogP contribution in [0.1, 0.15) is 6.42 Å². The van der Waals surface area contributed by atoms with Crippen molar-refractivity contribution in [2.75, 3.05) is 32.6 Å². The van der Waals surface area contributed by atoms with Gasteiger partial charge in [0.1, 0.15) is 5.75 Å². The number of halogens is 1. The molecule has 1 fully saturated rings. The van der Waals surface area contributed by atoms with Crippen LogP contribution in [0.15, 0.2) is 22.7 Å². The summed E-state index contributed by atoms with van der Waals surface area (Å²) in [6.45, 7) is 2.28. The molecule has 4 heteroatoms. The van der Waals surface area contributed by atoms with Crippen LogP contribution in [-0.2, 0) is 0 Å². The van der Waals surface area contributed by atoms with E-state index in [4.69, 9.17) is 4.74 Å². The van der Waals surface area contributed by atoms with Gasteiger partial charge in [-0.25, -0.2) is 0 Å². The summed E-state index contributed by atoms with van der Waals surface area (Å²) >= 11 is 3.48. The Labute approximate surface area is 105 Å². The Balaban J connectivity index is 2.06. The van der Waals surface area contributed by atoms with Crippen LogP contribution in [0.5, 0.6) is 5.75 Å². The van der Waals surface area contributed by atoms with Gasteiger partial charge in [0, 0.05) is 28.8 Å². The number of rotatable bonds is 3. The fourth-order valence-corrected chi connectivity index (χ4v) is 2.52. The van der Waals surface area contributed by atoms with Gasteiger partial charge < -0.3 is 15.0 Å². The summed E-state index contributed by atoms with van der Waals surface area (Å²) in [4.78, 5) is 2.34. The zero-order chi connectivity index (χ0) is 11.5. The molecule has 88 valence electrons. The van der Waals surface area contributed by atoms with E-state index in [1.165, 1.54) is 13.0 Å². The largest absolute Gasteiger partial charge is 0.497 e. The highest BCUT2D eigenvalue weighted by Crippen LogP contribution is 2.25. The van der Waals surface area contributed by atoms with Crippen molar-refractivity contribution in [2.24, 2.45) is 0 Å². The van der Waals surface area contributed by atoms with Gasteiger partial charge in [0.25, 0.3) is 0 Å². The molecule has 1 unspecified atom stereocenters. The van der Waals surface area contributed by atoms with Gasteiger partial charge in [-0.15, -0.1) is 0 Å². The Morgan fingerprint density at radius 1 is 1.44 bits per heavy atom. The summed E-state index contributed by atoms with van der Waals surface area (Å²) in [5, 5.41) is 3.54. The third-order valence-corrected chi connectivity index (χ3v) is 3.33. The van der Waals surface area contributed by atoms with Crippen LogP contribution in [0.4, 0.5) is 5.69 Å². The zero-order valence-corrected chi connectivity index (χ0v) is 11.3. The van der Waals surface area contributed by atoms with E-state index in [0.29, 0.717) is 6.04 Å². The van der Waals surface area contributed by atoms with Gasteiger partial charge >= 0.3 is 0 Å². The molecule has 0 aromatic heterocycles. The zero-order valence-electron chi connectivity index (χ0n) is 9.66. The van der Waals surface area contributed by atoms with E-state index in [1.807, 2.05) is 12.1 Å². The van der Waals surface area contributed by atoms with Gasteiger partial charge in [0.2, 0.25) is 0 Å². The van der Waals surface area contributed by atoms with E-state index in [9.17, 15) is 0 Å². The maximum Gasteiger partial charge on any atom is 0.122 e. The number of anilines is 1. The predicted molar refractivity (Wildman–Crippen MR) is 70.2 cm³/mol. The van der Waals surface area contributed by atoms with Crippen LogP contribution in [0.25, 0.3) is 0 Å². The summed E-state index contributed by atoms with van der Waals surface area (Å²) in [5.74, 6) is 0.878. The third-order valence-electron chi connectivity index (χ3n) is 2.87. The number of nitrogens with one attached hydrogen (secondary N) is 1. The lowest BCUT2D eigenvalue weighted by Crippen LogP contribution is -2.23. The third kappa shape index (κ3) is 2.89. The molecule has 1 saturated heterocycles. The fourth-order valence-electron chi connectivity index (χ4n) is 2.05. The monoisotopic (exact) mass is 284 g/mol. The van der Waals surface area contributed by atoms with Gasteiger partial charge in [-0.3, -0.25) is 0 Å². The Morgan fingerprint density at radius 3 is 2.88 bits per heavy atom. The van der Waals surface area contributed by atoms with Crippen LogP contribution >= 0.6 is 15.9 Å². The highest BCUT2D eigenvalue weighted by atomic mass is 79.9. The molecule has 1 N–H and O–H groups in total.